The van der Waals surface area contributed by atoms with Crippen molar-refractivity contribution >= 4 is 35.1 Å². The van der Waals surface area contributed by atoms with Gasteiger partial charge in [0.15, 0.2) is 0 Å². The zero-order valence-electron chi connectivity index (χ0n) is 18.9. The fourth-order valence-corrected chi connectivity index (χ4v) is 4.33. The van der Waals surface area contributed by atoms with Gasteiger partial charge in [-0.25, -0.2) is 4.79 Å². The third-order valence-electron chi connectivity index (χ3n) is 5.62. The molecule has 0 saturated carbocycles. The quantitative estimate of drug-likeness (QED) is 0.288. The van der Waals surface area contributed by atoms with E-state index in [1.54, 1.807) is 48.5 Å². The van der Waals surface area contributed by atoms with Gasteiger partial charge in [-0.1, -0.05) is 65.7 Å². The lowest BCUT2D eigenvalue weighted by molar-refractivity contribution is -0.142. The van der Waals surface area contributed by atoms with Crippen LogP contribution in [0.5, 0.6) is 0 Å². The van der Waals surface area contributed by atoms with Crippen LogP contribution in [0.1, 0.15) is 27.2 Å². The van der Waals surface area contributed by atoms with Crippen LogP contribution in [0.25, 0.3) is 11.3 Å². The number of carboxylic acid groups (broad SMARTS) is 1. The second kappa shape index (κ2) is 11.1. The molecule has 1 amide bonds. The number of hydrogen-bond donors (Lipinski definition) is 1. The third-order valence-corrected chi connectivity index (χ3v) is 6.17. The first-order chi connectivity index (χ1) is 17.4. The number of nitrogens with zero attached hydrogens (tertiary/aromatic N) is 2. The van der Waals surface area contributed by atoms with Gasteiger partial charge in [0.2, 0.25) is 0 Å². The van der Waals surface area contributed by atoms with Crippen LogP contribution in [0.15, 0.2) is 89.3 Å². The minimum atomic E-state index is -1.19. The van der Waals surface area contributed by atoms with Crippen LogP contribution >= 0.6 is 23.2 Å². The number of nitriles is 1. The number of furan rings is 1. The van der Waals surface area contributed by atoms with Crippen LogP contribution in [0.2, 0.25) is 10.0 Å². The fraction of sp³-hybridized carbons (Fsp3) is 0.107. The zero-order chi connectivity index (χ0) is 25.7. The van der Waals surface area contributed by atoms with E-state index in [-0.39, 0.29) is 23.6 Å². The Morgan fingerprint density at radius 1 is 0.972 bits per heavy atom. The van der Waals surface area contributed by atoms with E-state index in [1.807, 2.05) is 18.2 Å². The van der Waals surface area contributed by atoms with Gasteiger partial charge in [0.05, 0.1) is 28.8 Å². The molecular weight excluding hydrogens is 499 g/mol. The maximum atomic E-state index is 13.6. The van der Waals surface area contributed by atoms with E-state index in [0.29, 0.717) is 27.7 Å². The molecule has 1 N–H and O–H groups in total. The summed E-state index contributed by atoms with van der Waals surface area (Å²) in [6, 6.07) is 24.7. The molecule has 0 aliphatic rings. The van der Waals surface area contributed by atoms with Gasteiger partial charge in [-0.3, -0.25) is 4.79 Å². The predicted octanol–water partition coefficient (Wildman–Crippen LogP) is 6.46. The Hall–Kier alpha value is -4.05. The van der Waals surface area contributed by atoms with Crippen LogP contribution in [-0.4, -0.2) is 27.9 Å². The molecule has 1 heterocycles. The molecule has 180 valence electrons. The number of halogens is 2. The van der Waals surface area contributed by atoms with Crippen molar-refractivity contribution < 1.29 is 19.1 Å². The van der Waals surface area contributed by atoms with Crippen molar-refractivity contribution in [2.45, 2.75) is 19.0 Å². The molecule has 8 heteroatoms. The maximum absolute atomic E-state index is 13.6. The Balaban J connectivity index is 1.71. The number of aliphatic carboxylic acids is 1. The van der Waals surface area contributed by atoms with E-state index in [1.165, 1.54) is 23.1 Å². The summed E-state index contributed by atoms with van der Waals surface area (Å²) in [5.74, 6) is -0.853. The second-order valence-electron chi connectivity index (χ2n) is 8.06. The van der Waals surface area contributed by atoms with Crippen molar-refractivity contribution in [3.8, 4) is 17.4 Å². The maximum Gasteiger partial charge on any atom is 0.326 e. The molecule has 1 atom stereocenters. The van der Waals surface area contributed by atoms with Crippen molar-refractivity contribution in [1.29, 1.82) is 5.26 Å². The highest BCUT2D eigenvalue weighted by Gasteiger charge is 2.32. The molecule has 0 radical (unpaired) electrons. The van der Waals surface area contributed by atoms with E-state index < -0.39 is 17.9 Å². The molecule has 4 aromatic rings. The molecule has 0 aliphatic heterocycles. The Kier molecular flexibility index (Phi) is 7.74. The van der Waals surface area contributed by atoms with Crippen LogP contribution < -0.4 is 0 Å². The molecule has 0 fully saturated rings. The van der Waals surface area contributed by atoms with E-state index >= 15 is 0 Å². The van der Waals surface area contributed by atoms with Crippen LogP contribution in [0.3, 0.4) is 0 Å². The van der Waals surface area contributed by atoms with Gasteiger partial charge in [0.1, 0.15) is 17.6 Å². The van der Waals surface area contributed by atoms with Gasteiger partial charge in [0, 0.05) is 17.0 Å². The van der Waals surface area contributed by atoms with Gasteiger partial charge in [-0.05, 0) is 48.0 Å². The number of benzene rings is 3. The molecule has 0 bridgehead atoms. The molecule has 36 heavy (non-hydrogen) atoms. The summed E-state index contributed by atoms with van der Waals surface area (Å²) in [5.41, 5.74) is 2.07. The summed E-state index contributed by atoms with van der Waals surface area (Å²) in [5, 5.41) is 19.8. The lowest BCUT2D eigenvalue weighted by Gasteiger charge is -2.29. The second-order valence-corrected chi connectivity index (χ2v) is 8.90. The summed E-state index contributed by atoms with van der Waals surface area (Å²) in [4.78, 5) is 27.3. The normalized spacial score (nSPS) is 11.5. The minimum Gasteiger partial charge on any atom is -0.480 e. The number of amides is 1. The summed E-state index contributed by atoms with van der Waals surface area (Å²) < 4.78 is 5.96. The number of carboxylic acids is 1. The molecule has 0 unspecified atom stereocenters. The largest absolute Gasteiger partial charge is 0.480 e. The highest BCUT2D eigenvalue weighted by Crippen LogP contribution is 2.27. The third kappa shape index (κ3) is 5.77. The topological polar surface area (TPSA) is 94.5 Å². The first-order valence-electron chi connectivity index (χ1n) is 11.0. The standard InChI is InChI=1S/C28H20Cl2N2O4/c29-21-9-11-23(24(30)15-21)27(33)32(25(28(34)35)14-18-5-2-1-3-6-18)17-22-10-12-26(36-22)20-8-4-7-19(13-20)16-31/h1-13,15,25H,14,17H2,(H,34,35)/t25-/m0/s1. The average molecular weight is 519 g/mol. The summed E-state index contributed by atoms with van der Waals surface area (Å²) in [6.45, 7) is -0.112. The Bertz CT molecular complexity index is 1440. The number of hydrogen-bond acceptors (Lipinski definition) is 4. The summed E-state index contributed by atoms with van der Waals surface area (Å²) in [6.07, 6.45) is 0.0882. The molecule has 1 aromatic heterocycles. The summed E-state index contributed by atoms with van der Waals surface area (Å²) >= 11 is 12.3. The van der Waals surface area contributed by atoms with Crippen molar-refractivity contribution in [3.63, 3.8) is 0 Å². The average Bonchev–Trinajstić information content (AvgIpc) is 3.35. The molecular formula is C28H20Cl2N2O4. The predicted molar refractivity (Wildman–Crippen MR) is 137 cm³/mol. The Morgan fingerprint density at radius 2 is 1.75 bits per heavy atom. The molecule has 3 aromatic carbocycles. The van der Waals surface area contributed by atoms with Gasteiger partial charge in [-0.2, -0.15) is 5.26 Å². The first kappa shape index (κ1) is 25.1. The smallest absolute Gasteiger partial charge is 0.326 e. The van der Waals surface area contributed by atoms with Gasteiger partial charge in [0.25, 0.3) is 5.91 Å². The number of carbonyl (C=O) groups is 2. The van der Waals surface area contributed by atoms with E-state index in [0.717, 1.165) is 5.56 Å². The van der Waals surface area contributed by atoms with Crippen LogP contribution in [0, 0.1) is 11.3 Å². The highest BCUT2D eigenvalue weighted by atomic mass is 35.5. The van der Waals surface area contributed by atoms with E-state index in [9.17, 15) is 20.0 Å². The monoisotopic (exact) mass is 518 g/mol. The van der Waals surface area contributed by atoms with Crippen molar-refractivity contribution in [2.24, 2.45) is 0 Å². The Labute approximate surface area is 217 Å². The van der Waals surface area contributed by atoms with Crippen LogP contribution in [0.4, 0.5) is 0 Å². The Morgan fingerprint density at radius 3 is 2.44 bits per heavy atom. The molecule has 4 rings (SSSR count). The molecule has 0 saturated heterocycles. The van der Waals surface area contributed by atoms with Gasteiger partial charge in [-0.15, -0.1) is 0 Å². The minimum absolute atomic E-state index is 0.0882. The zero-order valence-corrected chi connectivity index (χ0v) is 20.4. The van der Waals surface area contributed by atoms with Crippen LogP contribution in [-0.2, 0) is 17.8 Å². The van der Waals surface area contributed by atoms with Crippen molar-refractivity contribution in [3.05, 3.63) is 117 Å². The highest BCUT2D eigenvalue weighted by molar-refractivity contribution is 6.36. The lowest BCUT2D eigenvalue weighted by Crippen LogP contribution is -2.46. The van der Waals surface area contributed by atoms with Crippen molar-refractivity contribution in [1.82, 2.24) is 4.90 Å². The number of carbonyl (C=O) groups excluding carboxylic acids is 1. The molecule has 6 nitrogen and oxygen atoms in total. The molecule has 0 spiro atoms. The van der Waals surface area contributed by atoms with E-state index in [2.05, 4.69) is 6.07 Å². The van der Waals surface area contributed by atoms with Gasteiger partial charge >= 0.3 is 5.97 Å². The number of rotatable bonds is 8. The fourth-order valence-electron chi connectivity index (χ4n) is 3.84. The first-order valence-corrected chi connectivity index (χ1v) is 11.7. The SMILES string of the molecule is N#Cc1cccc(-c2ccc(CN(C(=O)c3ccc(Cl)cc3Cl)[C@@H](Cc3ccccc3)C(=O)O)o2)c1. The summed E-state index contributed by atoms with van der Waals surface area (Å²) in [7, 11) is 0. The van der Waals surface area contributed by atoms with Gasteiger partial charge < -0.3 is 14.4 Å². The lowest BCUT2D eigenvalue weighted by atomic mass is 10.0. The van der Waals surface area contributed by atoms with Crippen molar-refractivity contribution in [2.75, 3.05) is 0 Å². The van der Waals surface area contributed by atoms with E-state index in [4.69, 9.17) is 27.6 Å². The molecule has 0 aliphatic carbocycles.